The second-order valence-electron chi connectivity index (χ2n) is 6.61. The molecule has 6 nitrogen and oxygen atoms in total. The number of hydrogen-bond acceptors (Lipinski definition) is 7. The summed E-state index contributed by atoms with van der Waals surface area (Å²) in [6.45, 7) is 6.28. The number of aromatic nitrogens is 3. The topological polar surface area (TPSA) is 91.6 Å². The average Bonchev–Trinajstić information content (AvgIpc) is 3.06. The van der Waals surface area contributed by atoms with Gasteiger partial charge in [0.2, 0.25) is 5.13 Å². The number of carbonyl (C=O) groups excluding carboxylic acids is 1. The van der Waals surface area contributed by atoms with Gasteiger partial charge < -0.3 is 5.32 Å². The Morgan fingerprint density at radius 1 is 1.15 bits per heavy atom. The summed E-state index contributed by atoms with van der Waals surface area (Å²) in [5, 5.41) is 13.4. The summed E-state index contributed by atoms with van der Waals surface area (Å²) in [4.78, 5) is 17.3. The molecular formula is C18H18N5OS2. The zero-order valence-electron chi connectivity index (χ0n) is 14.6. The highest BCUT2D eigenvalue weighted by molar-refractivity contribution is 7.99. The number of rotatable bonds is 5. The third-order valence-corrected chi connectivity index (χ3v) is 5.76. The van der Waals surface area contributed by atoms with Gasteiger partial charge in [-0.2, -0.15) is 0 Å². The summed E-state index contributed by atoms with van der Waals surface area (Å²) in [5.74, 6) is -0.709. The second-order valence-corrected chi connectivity index (χ2v) is 8.71. The van der Waals surface area contributed by atoms with E-state index in [4.69, 9.17) is 5.73 Å². The Kier molecular flexibility index (Phi) is 5.24. The second kappa shape index (κ2) is 7.43. The van der Waals surface area contributed by atoms with Crippen LogP contribution in [0.2, 0.25) is 0 Å². The van der Waals surface area contributed by atoms with Gasteiger partial charge in [-0.15, -0.1) is 10.2 Å². The molecule has 0 aliphatic heterocycles. The Bertz CT molecular complexity index is 919. The van der Waals surface area contributed by atoms with Crippen LogP contribution in [0.3, 0.4) is 0 Å². The first-order valence-corrected chi connectivity index (χ1v) is 9.55. The summed E-state index contributed by atoms with van der Waals surface area (Å²) < 4.78 is 0. The average molecular weight is 385 g/mol. The highest BCUT2D eigenvalue weighted by Crippen LogP contribution is 2.37. The number of benzene rings is 1. The van der Waals surface area contributed by atoms with Crippen LogP contribution in [-0.2, 0) is 5.41 Å². The van der Waals surface area contributed by atoms with E-state index in [-0.39, 0.29) is 5.41 Å². The smallest absolute Gasteiger partial charge is 0.269 e. The van der Waals surface area contributed by atoms with Crippen LogP contribution in [-0.4, -0.2) is 21.1 Å². The van der Waals surface area contributed by atoms with E-state index in [9.17, 15) is 4.79 Å². The lowest BCUT2D eigenvalue weighted by Crippen LogP contribution is -2.10. The standard InChI is InChI=1S/C18H18N5OS2/c1-18(2,3)16-22-23-17(26-16)21-13-5-4-11(15(19)24)10-14(13)25-12-6-8-20-9-7-12/h4-10,19H,1-3H3,(H,21,23). The summed E-state index contributed by atoms with van der Waals surface area (Å²) in [6.07, 6.45) is 3.44. The SMILES string of the molecule is CC(C)(C)c1nnc(Nc2ccc(C([NH])=O)cc2Sc2ccncc2)s1. The van der Waals surface area contributed by atoms with E-state index in [2.05, 4.69) is 41.3 Å². The van der Waals surface area contributed by atoms with Crippen LogP contribution in [0.4, 0.5) is 10.8 Å². The third-order valence-electron chi connectivity index (χ3n) is 3.43. The lowest BCUT2D eigenvalue weighted by molar-refractivity contribution is 0.0992. The van der Waals surface area contributed by atoms with Gasteiger partial charge in [0.05, 0.1) is 5.69 Å². The molecule has 3 aromatic rings. The molecule has 0 aliphatic carbocycles. The number of nitrogens with one attached hydrogen (secondary N) is 2. The molecule has 2 aromatic heterocycles. The van der Waals surface area contributed by atoms with Crippen molar-refractivity contribution in [3.8, 4) is 0 Å². The fourth-order valence-electron chi connectivity index (χ4n) is 2.08. The number of carbonyl (C=O) groups is 1. The van der Waals surface area contributed by atoms with E-state index < -0.39 is 5.91 Å². The van der Waals surface area contributed by atoms with Crippen molar-refractivity contribution in [2.45, 2.75) is 36.0 Å². The normalized spacial score (nSPS) is 11.3. The number of pyridine rings is 1. The maximum absolute atomic E-state index is 11.4. The van der Waals surface area contributed by atoms with E-state index >= 15 is 0 Å². The summed E-state index contributed by atoms with van der Waals surface area (Å²) >= 11 is 3.00. The molecule has 2 heterocycles. The largest absolute Gasteiger partial charge is 0.329 e. The Morgan fingerprint density at radius 3 is 2.50 bits per heavy atom. The summed E-state index contributed by atoms with van der Waals surface area (Å²) in [5.41, 5.74) is 8.46. The molecule has 0 fully saturated rings. The zero-order chi connectivity index (χ0) is 18.7. The molecular weight excluding hydrogens is 366 g/mol. The molecule has 0 aliphatic rings. The first-order valence-electron chi connectivity index (χ1n) is 7.92. The van der Waals surface area contributed by atoms with Gasteiger partial charge in [0.15, 0.2) is 0 Å². The van der Waals surface area contributed by atoms with E-state index in [0.29, 0.717) is 10.7 Å². The van der Waals surface area contributed by atoms with E-state index in [1.54, 1.807) is 30.6 Å². The first-order chi connectivity index (χ1) is 12.3. The molecule has 133 valence electrons. The number of amides is 1. The molecule has 1 radical (unpaired) electrons. The number of nitrogens with zero attached hydrogens (tertiary/aromatic N) is 3. The highest BCUT2D eigenvalue weighted by Gasteiger charge is 2.20. The fraction of sp³-hybridized carbons (Fsp3) is 0.222. The molecule has 8 heteroatoms. The predicted molar refractivity (Wildman–Crippen MR) is 104 cm³/mol. The van der Waals surface area contributed by atoms with Crippen molar-refractivity contribution in [2.75, 3.05) is 5.32 Å². The Hall–Kier alpha value is -2.45. The minimum Gasteiger partial charge on any atom is -0.329 e. The van der Waals surface area contributed by atoms with Gasteiger partial charge >= 0.3 is 0 Å². The van der Waals surface area contributed by atoms with E-state index in [1.807, 2.05) is 12.1 Å². The summed E-state index contributed by atoms with van der Waals surface area (Å²) in [7, 11) is 0. The number of hydrogen-bond donors (Lipinski definition) is 1. The Labute approximate surface area is 160 Å². The molecule has 26 heavy (non-hydrogen) atoms. The molecule has 0 spiro atoms. The Morgan fingerprint density at radius 2 is 1.88 bits per heavy atom. The predicted octanol–water partition coefficient (Wildman–Crippen LogP) is 4.55. The van der Waals surface area contributed by atoms with Crippen LogP contribution in [0.5, 0.6) is 0 Å². The van der Waals surface area contributed by atoms with Crippen LogP contribution < -0.4 is 11.1 Å². The molecule has 0 bridgehead atoms. The van der Waals surface area contributed by atoms with Crippen molar-refractivity contribution in [2.24, 2.45) is 0 Å². The molecule has 0 saturated carbocycles. The highest BCUT2D eigenvalue weighted by atomic mass is 32.2. The molecule has 0 unspecified atom stereocenters. The van der Waals surface area contributed by atoms with Crippen molar-refractivity contribution in [3.05, 3.63) is 53.3 Å². The van der Waals surface area contributed by atoms with Gasteiger partial charge in [0, 0.05) is 33.2 Å². The third kappa shape index (κ3) is 4.39. The van der Waals surface area contributed by atoms with Crippen molar-refractivity contribution in [1.82, 2.24) is 20.9 Å². The molecule has 1 amide bonds. The van der Waals surface area contributed by atoms with Crippen LogP contribution in [0.25, 0.3) is 0 Å². The molecule has 3 rings (SSSR count). The quantitative estimate of drug-likeness (QED) is 0.694. The van der Waals surface area contributed by atoms with Gasteiger partial charge in [-0.1, -0.05) is 43.9 Å². The first kappa shape index (κ1) is 18.3. The van der Waals surface area contributed by atoms with Crippen LogP contribution in [0.15, 0.2) is 52.5 Å². The van der Waals surface area contributed by atoms with Gasteiger partial charge in [-0.05, 0) is 30.3 Å². The molecule has 0 atom stereocenters. The zero-order valence-corrected chi connectivity index (χ0v) is 16.2. The minimum atomic E-state index is -0.709. The van der Waals surface area contributed by atoms with Gasteiger partial charge in [-0.25, -0.2) is 0 Å². The Balaban J connectivity index is 1.92. The van der Waals surface area contributed by atoms with Crippen molar-refractivity contribution in [3.63, 3.8) is 0 Å². The lowest BCUT2D eigenvalue weighted by Gasteiger charge is -2.13. The molecule has 0 saturated heterocycles. The van der Waals surface area contributed by atoms with Gasteiger partial charge in [0.25, 0.3) is 5.91 Å². The fourth-order valence-corrected chi connectivity index (χ4v) is 3.82. The van der Waals surface area contributed by atoms with Crippen molar-refractivity contribution >= 4 is 39.8 Å². The van der Waals surface area contributed by atoms with Crippen molar-refractivity contribution in [1.29, 1.82) is 0 Å². The lowest BCUT2D eigenvalue weighted by atomic mass is 9.98. The van der Waals surface area contributed by atoms with Crippen LogP contribution in [0, 0.1) is 0 Å². The van der Waals surface area contributed by atoms with Crippen LogP contribution >= 0.6 is 23.1 Å². The van der Waals surface area contributed by atoms with Crippen LogP contribution in [0.1, 0.15) is 36.1 Å². The maximum Gasteiger partial charge on any atom is 0.269 e. The van der Waals surface area contributed by atoms with E-state index in [0.717, 1.165) is 20.5 Å². The molecule has 2 N–H and O–H groups in total. The maximum atomic E-state index is 11.4. The van der Waals surface area contributed by atoms with Gasteiger partial charge in [0.1, 0.15) is 5.01 Å². The monoisotopic (exact) mass is 384 g/mol. The molecule has 1 aromatic carbocycles. The van der Waals surface area contributed by atoms with E-state index in [1.165, 1.54) is 23.1 Å². The van der Waals surface area contributed by atoms with Crippen molar-refractivity contribution < 1.29 is 4.79 Å². The summed E-state index contributed by atoms with van der Waals surface area (Å²) in [6, 6.07) is 8.94. The minimum absolute atomic E-state index is 0.0618. The number of anilines is 2. The van der Waals surface area contributed by atoms with Gasteiger partial charge in [-0.3, -0.25) is 15.5 Å².